The van der Waals surface area contributed by atoms with Crippen molar-refractivity contribution in [3.05, 3.63) is 89.2 Å². The van der Waals surface area contributed by atoms with E-state index in [4.69, 9.17) is 4.74 Å². The van der Waals surface area contributed by atoms with Crippen molar-refractivity contribution in [1.82, 2.24) is 10.3 Å². The summed E-state index contributed by atoms with van der Waals surface area (Å²) in [7, 11) is 0. The number of aromatic nitrogens is 1. The molecule has 0 bridgehead atoms. The molecule has 29 heavy (non-hydrogen) atoms. The zero-order valence-electron chi connectivity index (χ0n) is 16.1. The maximum absolute atomic E-state index is 12.5. The first-order valence-electron chi connectivity index (χ1n) is 9.41. The highest BCUT2D eigenvalue weighted by molar-refractivity contribution is 5.98. The minimum atomic E-state index is -0.179. The molecule has 0 saturated carbocycles. The molecule has 0 unspecified atom stereocenters. The average Bonchev–Trinajstić information content (AvgIpc) is 2.75. The summed E-state index contributed by atoms with van der Waals surface area (Å²) < 4.78 is 5.53. The molecule has 0 aliphatic carbocycles. The Balaban J connectivity index is 1.50. The van der Waals surface area contributed by atoms with E-state index in [2.05, 4.69) is 10.3 Å². The van der Waals surface area contributed by atoms with Crippen LogP contribution in [0.15, 0.2) is 66.9 Å². The second-order valence-electron chi connectivity index (χ2n) is 6.94. The van der Waals surface area contributed by atoms with Gasteiger partial charge in [0, 0.05) is 11.8 Å². The van der Waals surface area contributed by atoms with Crippen molar-refractivity contribution in [2.24, 2.45) is 0 Å². The van der Waals surface area contributed by atoms with Crippen molar-refractivity contribution >= 4 is 17.5 Å². The number of hydrogen-bond acceptors (Lipinski definition) is 4. The van der Waals surface area contributed by atoms with Gasteiger partial charge in [0.05, 0.1) is 24.5 Å². The Kier molecular flexibility index (Phi) is 5.24. The SMILES string of the molecule is Cc1ccc2c(c1)N(Cc1cccc(C(=O)NCc3ccccn3)c1)C(=O)CO2. The predicted octanol–water partition coefficient (Wildman–Crippen LogP) is 3.25. The Morgan fingerprint density at radius 3 is 2.86 bits per heavy atom. The molecule has 146 valence electrons. The van der Waals surface area contributed by atoms with Gasteiger partial charge >= 0.3 is 0 Å². The number of aryl methyl sites for hydroxylation is 1. The van der Waals surface area contributed by atoms with Gasteiger partial charge in [0.25, 0.3) is 11.8 Å². The molecule has 3 aromatic rings. The van der Waals surface area contributed by atoms with Crippen LogP contribution in [-0.2, 0) is 17.9 Å². The molecule has 0 atom stereocenters. The van der Waals surface area contributed by atoms with E-state index in [-0.39, 0.29) is 18.4 Å². The number of ether oxygens (including phenoxy) is 1. The van der Waals surface area contributed by atoms with Gasteiger partial charge in [0.15, 0.2) is 6.61 Å². The molecule has 1 N–H and O–H groups in total. The van der Waals surface area contributed by atoms with Gasteiger partial charge in [-0.2, -0.15) is 0 Å². The van der Waals surface area contributed by atoms with Crippen molar-refractivity contribution in [2.45, 2.75) is 20.0 Å². The molecule has 1 aromatic heterocycles. The number of nitrogens with zero attached hydrogens (tertiary/aromatic N) is 2. The first-order valence-corrected chi connectivity index (χ1v) is 9.41. The fourth-order valence-corrected chi connectivity index (χ4v) is 3.25. The molecule has 1 aliphatic heterocycles. The Hall–Kier alpha value is -3.67. The normalized spacial score (nSPS) is 12.9. The zero-order chi connectivity index (χ0) is 20.2. The Morgan fingerprint density at radius 2 is 2.03 bits per heavy atom. The molecule has 1 aliphatic rings. The number of carbonyl (C=O) groups excluding carboxylic acids is 2. The first-order chi connectivity index (χ1) is 14.1. The lowest BCUT2D eigenvalue weighted by molar-refractivity contribution is -0.121. The summed E-state index contributed by atoms with van der Waals surface area (Å²) in [6.45, 7) is 2.73. The van der Waals surface area contributed by atoms with Gasteiger partial charge in [-0.25, -0.2) is 0 Å². The van der Waals surface area contributed by atoms with Crippen molar-refractivity contribution in [3.63, 3.8) is 0 Å². The Bertz CT molecular complexity index is 1050. The first kappa shape index (κ1) is 18.7. The van der Waals surface area contributed by atoms with Gasteiger partial charge in [-0.3, -0.25) is 14.6 Å². The largest absolute Gasteiger partial charge is 0.482 e. The Labute approximate surface area is 169 Å². The van der Waals surface area contributed by atoms with Crippen LogP contribution < -0.4 is 15.0 Å². The van der Waals surface area contributed by atoms with Crippen LogP contribution in [0.3, 0.4) is 0 Å². The Morgan fingerprint density at radius 1 is 1.14 bits per heavy atom. The minimum Gasteiger partial charge on any atom is -0.482 e. The van der Waals surface area contributed by atoms with E-state index in [9.17, 15) is 9.59 Å². The van der Waals surface area contributed by atoms with Crippen LogP contribution in [0.2, 0.25) is 0 Å². The van der Waals surface area contributed by atoms with E-state index in [1.54, 1.807) is 17.2 Å². The highest BCUT2D eigenvalue weighted by Crippen LogP contribution is 2.33. The number of rotatable bonds is 5. The summed E-state index contributed by atoms with van der Waals surface area (Å²) in [5, 5.41) is 2.88. The van der Waals surface area contributed by atoms with Crippen LogP contribution in [0.5, 0.6) is 5.75 Å². The lowest BCUT2D eigenvalue weighted by Crippen LogP contribution is -2.38. The lowest BCUT2D eigenvalue weighted by Gasteiger charge is -2.29. The molecule has 2 amide bonds. The lowest BCUT2D eigenvalue weighted by atomic mass is 10.1. The van der Waals surface area contributed by atoms with Crippen LogP contribution >= 0.6 is 0 Å². The average molecular weight is 387 g/mol. The van der Waals surface area contributed by atoms with Crippen LogP contribution in [-0.4, -0.2) is 23.4 Å². The van der Waals surface area contributed by atoms with E-state index in [0.717, 1.165) is 22.5 Å². The second kappa shape index (κ2) is 8.14. The second-order valence-corrected chi connectivity index (χ2v) is 6.94. The van der Waals surface area contributed by atoms with E-state index >= 15 is 0 Å². The van der Waals surface area contributed by atoms with E-state index in [1.807, 2.05) is 61.5 Å². The highest BCUT2D eigenvalue weighted by atomic mass is 16.5. The number of fused-ring (bicyclic) bond motifs is 1. The maximum Gasteiger partial charge on any atom is 0.265 e. The fraction of sp³-hybridized carbons (Fsp3) is 0.174. The van der Waals surface area contributed by atoms with Crippen LogP contribution in [0.25, 0.3) is 0 Å². The highest BCUT2D eigenvalue weighted by Gasteiger charge is 2.25. The summed E-state index contributed by atoms with van der Waals surface area (Å²) >= 11 is 0. The van der Waals surface area contributed by atoms with Crippen molar-refractivity contribution in [3.8, 4) is 5.75 Å². The quantitative estimate of drug-likeness (QED) is 0.730. The van der Waals surface area contributed by atoms with Crippen molar-refractivity contribution in [2.75, 3.05) is 11.5 Å². The number of hydrogen-bond donors (Lipinski definition) is 1. The van der Waals surface area contributed by atoms with Crippen molar-refractivity contribution < 1.29 is 14.3 Å². The van der Waals surface area contributed by atoms with Crippen LogP contribution in [0.4, 0.5) is 5.69 Å². The third-order valence-corrected chi connectivity index (χ3v) is 4.74. The summed E-state index contributed by atoms with van der Waals surface area (Å²) in [5.41, 5.74) is 4.02. The van der Waals surface area contributed by atoms with E-state index < -0.39 is 0 Å². The van der Waals surface area contributed by atoms with Gasteiger partial charge < -0.3 is 15.0 Å². The third-order valence-electron chi connectivity index (χ3n) is 4.74. The maximum atomic E-state index is 12.5. The number of carbonyl (C=O) groups is 2. The summed E-state index contributed by atoms with van der Waals surface area (Å²) in [6.07, 6.45) is 1.70. The van der Waals surface area contributed by atoms with Gasteiger partial charge in [0.1, 0.15) is 5.75 Å². The van der Waals surface area contributed by atoms with Crippen LogP contribution in [0, 0.1) is 6.92 Å². The van der Waals surface area contributed by atoms with E-state index in [1.165, 1.54) is 0 Å². The standard InChI is InChI=1S/C23H21N3O3/c1-16-8-9-21-20(11-16)26(22(27)15-29-21)14-17-5-4-6-18(12-17)23(28)25-13-19-7-2-3-10-24-19/h2-12H,13-15H2,1H3,(H,25,28). The number of nitrogens with one attached hydrogen (secondary N) is 1. The third kappa shape index (κ3) is 4.27. The molecular formula is C23H21N3O3. The smallest absolute Gasteiger partial charge is 0.265 e. The monoisotopic (exact) mass is 387 g/mol. The topological polar surface area (TPSA) is 71.5 Å². The molecule has 0 radical (unpaired) electrons. The predicted molar refractivity (Wildman–Crippen MR) is 110 cm³/mol. The number of anilines is 1. The van der Waals surface area contributed by atoms with Crippen molar-refractivity contribution in [1.29, 1.82) is 0 Å². The van der Waals surface area contributed by atoms with Crippen LogP contribution in [0.1, 0.15) is 27.2 Å². The summed E-state index contributed by atoms with van der Waals surface area (Å²) in [5.74, 6) is 0.412. The number of amides is 2. The zero-order valence-corrected chi connectivity index (χ0v) is 16.1. The van der Waals surface area contributed by atoms with Gasteiger partial charge in [-0.05, 0) is 54.4 Å². The van der Waals surface area contributed by atoms with Gasteiger partial charge in [-0.15, -0.1) is 0 Å². The molecular weight excluding hydrogens is 366 g/mol. The molecule has 0 fully saturated rings. The number of pyridine rings is 1. The summed E-state index contributed by atoms with van der Waals surface area (Å²) in [4.78, 5) is 30.9. The van der Waals surface area contributed by atoms with E-state index in [0.29, 0.717) is 24.4 Å². The molecule has 4 rings (SSSR count). The molecule has 2 heterocycles. The summed E-state index contributed by atoms with van der Waals surface area (Å²) in [6, 6.07) is 18.7. The van der Waals surface area contributed by atoms with Gasteiger partial charge in [0.2, 0.25) is 0 Å². The molecule has 6 nitrogen and oxygen atoms in total. The molecule has 6 heteroatoms. The molecule has 0 saturated heterocycles. The fourth-order valence-electron chi connectivity index (χ4n) is 3.25. The molecule has 0 spiro atoms. The number of benzene rings is 2. The molecule has 2 aromatic carbocycles. The van der Waals surface area contributed by atoms with Gasteiger partial charge in [-0.1, -0.05) is 24.3 Å². The minimum absolute atomic E-state index is 0.0142.